The van der Waals surface area contributed by atoms with Gasteiger partial charge in [-0.25, -0.2) is 4.79 Å². The van der Waals surface area contributed by atoms with Crippen molar-refractivity contribution >= 4 is 22.8 Å². The Bertz CT molecular complexity index is 515. The fourth-order valence-electron chi connectivity index (χ4n) is 1.91. The van der Waals surface area contributed by atoms with Crippen LogP contribution in [0.1, 0.15) is 40.9 Å². The lowest BCUT2D eigenvalue weighted by molar-refractivity contribution is -0.109. The molecule has 0 aliphatic rings. The van der Waals surface area contributed by atoms with Crippen molar-refractivity contribution in [3.8, 4) is 0 Å². The predicted octanol–water partition coefficient (Wildman–Crippen LogP) is 1.85. The van der Waals surface area contributed by atoms with Crippen molar-refractivity contribution in [2.24, 2.45) is 0 Å². The van der Waals surface area contributed by atoms with Gasteiger partial charge < -0.3 is 14.9 Å². The highest BCUT2D eigenvalue weighted by molar-refractivity contribution is 8.13. The minimum Gasteiger partial charge on any atom is -0.465 e. The maximum absolute atomic E-state index is 11.7. The lowest BCUT2D eigenvalue weighted by Crippen LogP contribution is -2.22. The summed E-state index contributed by atoms with van der Waals surface area (Å²) in [6.07, 6.45) is -2.01. The summed E-state index contributed by atoms with van der Waals surface area (Å²) in [5.74, 6) is -0.151. The normalized spacial score (nSPS) is 13.6. The van der Waals surface area contributed by atoms with Gasteiger partial charge >= 0.3 is 5.97 Å². The number of aliphatic hydroxyl groups is 2. The average Bonchev–Trinajstić information content (AvgIpc) is 2.45. The Hall–Kier alpha value is -1.37. The highest BCUT2D eigenvalue weighted by atomic mass is 32.2. The van der Waals surface area contributed by atoms with E-state index in [1.54, 1.807) is 18.2 Å². The summed E-state index contributed by atoms with van der Waals surface area (Å²) in [5, 5.41) is 20.2. The van der Waals surface area contributed by atoms with Crippen LogP contribution in [0.15, 0.2) is 18.2 Å². The molecule has 0 aliphatic heterocycles. The van der Waals surface area contributed by atoms with E-state index in [0.717, 1.165) is 17.3 Å². The SMILES string of the molecule is COC(=O)c1ccc(C)cc1C(O)C(O)CCSC(C)=O. The van der Waals surface area contributed by atoms with Crippen molar-refractivity contribution in [3.63, 3.8) is 0 Å². The third kappa shape index (κ3) is 5.15. The molecule has 1 aromatic carbocycles. The van der Waals surface area contributed by atoms with E-state index in [9.17, 15) is 19.8 Å². The van der Waals surface area contributed by atoms with Crippen molar-refractivity contribution in [1.29, 1.82) is 0 Å². The summed E-state index contributed by atoms with van der Waals surface area (Å²) in [5.41, 5.74) is 1.43. The zero-order valence-electron chi connectivity index (χ0n) is 12.3. The zero-order chi connectivity index (χ0) is 16.0. The lowest BCUT2D eigenvalue weighted by atomic mass is 9.95. The van der Waals surface area contributed by atoms with Crippen molar-refractivity contribution in [2.45, 2.75) is 32.5 Å². The highest BCUT2D eigenvalue weighted by Gasteiger charge is 2.24. The van der Waals surface area contributed by atoms with E-state index in [4.69, 9.17) is 0 Å². The number of esters is 1. The molecule has 0 amide bonds. The molecular formula is C15H20O5S. The number of rotatable bonds is 6. The molecule has 1 rings (SSSR count). The largest absolute Gasteiger partial charge is 0.465 e. The monoisotopic (exact) mass is 312 g/mol. The fourth-order valence-corrected chi connectivity index (χ4v) is 2.56. The molecule has 0 aliphatic carbocycles. The maximum atomic E-state index is 11.7. The fraction of sp³-hybridized carbons (Fsp3) is 0.467. The van der Waals surface area contributed by atoms with Crippen LogP contribution in [0.3, 0.4) is 0 Å². The Morgan fingerprint density at radius 3 is 2.57 bits per heavy atom. The first kappa shape index (κ1) is 17.7. The summed E-state index contributed by atoms with van der Waals surface area (Å²) < 4.78 is 4.68. The quantitative estimate of drug-likeness (QED) is 0.780. The second kappa shape index (κ2) is 8.17. The number of carbonyl (C=O) groups excluding carboxylic acids is 2. The first-order chi connectivity index (χ1) is 9.86. The van der Waals surface area contributed by atoms with Gasteiger partial charge in [-0.15, -0.1) is 0 Å². The smallest absolute Gasteiger partial charge is 0.338 e. The first-order valence-corrected chi connectivity index (χ1v) is 7.53. The van der Waals surface area contributed by atoms with Gasteiger partial charge in [0.2, 0.25) is 0 Å². The summed E-state index contributed by atoms with van der Waals surface area (Å²) >= 11 is 1.09. The van der Waals surface area contributed by atoms with Crippen molar-refractivity contribution in [2.75, 3.05) is 12.9 Å². The minimum absolute atomic E-state index is 0.0394. The van der Waals surface area contributed by atoms with Crippen molar-refractivity contribution < 1.29 is 24.5 Å². The Morgan fingerprint density at radius 2 is 2.00 bits per heavy atom. The second-order valence-electron chi connectivity index (χ2n) is 4.72. The van der Waals surface area contributed by atoms with Crippen LogP contribution >= 0.6 is 11.8 Å². The van der Waals surface area contributed by atoms with Crippen LogP contribution in [0.25, 0.3) is 0 Å². The first-order valence-electron chi connectivity index (χ1n) is 6.55. The van der Waals surface area contributed by atoms with Gasteiger partial charge in [-0.2, -0.15) is 0 Å². The molecule has 6 heteroatoms. The molecule has 2 N–H and O–H groups in total. The van der Waals surface area contributed by atoms with E-state index in [1.165, 1.54) is 14.0 Å². The molecule has 0 saturated carbocycles. The molecule has 5 nitrogen and oxygen atoms in total. The lowest BCUT2D eigenvalue weighted by Gasteiger charge is -2.20. The van der Waals surface area contributed by atoms with E-state index < -0.39 is 18.2 Å². The molecule has 116 valence electrons. The number of thioether (sulfide) groups is 1. The molecule has 21 heavy (non-hydrogen) atoms. The summed E-state index contributed by atoms with van der Waals surface area (Å²) in [6, 6.07) is 4.95. The van der Waals surface area contributed by atoms with Gasteiger partial charge in [0, 0.05) is 12.7 Å². The molecule has 1 aromatic rings. The summed E-state index contributed by atoms with van der Waals surface area (Å²) in [6.45, 7) is 3.28. The van der Waals surface area contributed by atoms with E-state index >= 15 is 0 Å². The Kier molecular flexibility index (Phi) is 6.87. The number of carbonyl (C=O) groups is 2. The highest BCUT2D eigenvalue weighted by Crippen LogP contribution is 2.25. The summed E-state index contributed by atoms with van der Waals surface area (Å²) in [4.78, 5) is 22.6. The van der Waals surface area contributed by atoms with Crippen molar-refractivity contribution in [3.05, 3.63) is 34.9 Å². The van der Waals surface area contributed by atoms with Crippen LogP contribution < -0.4 is 0 Å². The van der Waals surface area contributed by atoms with Crippen LogP contribution in [0.4, 0.5) is 0 Å². The minimum atomic E-state index is -1.20. The number of benzene rings is 1. The third-order valence-corrected chi connectivity index (χ3v) is 3.86. The average molecular weight is 312 g/mol. The Morgan fingerprint density at radius 1 is 1.33 bits per heavy atom. The van der Waals surface area contributed by atoms with E-state index in [-0.39, 0.29) is 17.1 Å². The van der Waals surface area contributed by atoms with Gasteiger partial charge in [-0.05, 0) is 25.0 Å². The van der Waals surface area contributed by atoms with Gasteiger partial charge in [-0.1, -0.05) is 29.5 Å². The van der Waals surface area contributed by atoms with Crippen LogP contribution in [-0.2, 0) is 9.53 Å². The number of aryl methyl sites for hydroxylation is 1. The predicted molar refractivity (Wildman–Crippen MR) is 81.2 cm³/mol. The summed E-state index contributed by atoms with van der Waals surface area (Å²) in [7, 11) is 1.26. The molecule has 0 aromatic heterocycles. The van der Waals surface area contributed by atoms with Crippen LogP contribution in [0.5, 0.6) is 0 Å². The van der Waals surface area contributed by atoms with E-state index in [0.29, 0.717) is 11.3 Å². The standard InChI is InChI=1S/C15H20O5S/c1-9-4-5-11(15(19)20-3)12(8-9)14(18)13(17)6-7-21-10(2)16/h4-5,8,13-14,17-18H,6-7H2,1-3H3. The number of hydrogen-bond donors (Lipinski definition) is 2. The molecule has 0 bridgehead atoms. The van der Waals surface area contributed by atoms with Gasteiger partial charge in [0.25, 0.3) is 0 Å². The molecule has 2 atom stereocenters. The van der Waals surface area contributed by atoms with Crippen LogP contribution in [0.2, 0.25) is 0 Å². The molecule has 0 radical (unpaired) electrons. The zero-order valence-corrected chi connectivity index (χ0v) is 13.1. The molecule has 2 unspecified atom stereocenters. The molecular weight excluding hydrogens is 292 g/mol. The second-order valence-corrected chi connectivity index (χ2v) is 6.00. The number of methoxy groups -OCH3 is 1. The Balaban J connectivity index is 2.89. The van der Waals surface area contributed by atoms with Crippen LogP contribution in [-0.4, -0.2) is 40.3 Å². The third-order valence-electron chi connectivity index (χ3n) is 3.01. The van der Waals surface area contributed by atoms with E-state index in [1.807, 2.05) is 6.92 Å². The van der Waals surface area contributed by atoms with Gasteiger partial charge in [0.1, 0.15) is 6.10 Å². The number of aliphatic hydroxyl groups excluding tert-OH is 2. The Labute approximate surface area is 128 Å². The molecule has 0 spiro atoms. The molecule has 0 fully saturated rings. The van der Waals surface area contributed by atoms with Gasteiger partial charge in [0.05, 0.1) is 18.8 Å². The molecule has 0 heterocycles. The van der Waals surface area contributed by atoms with Crippen molar-refractivity contribution in [1.82, 2.24) is 0 Å². The number of hydrogen-bond acceptors (Lipinski definition) is 6. The topological polar surface area (TPSA) is 83.8 Å². The number of ether oxygens (including phenoxy) is 1. The van der Waals surface area contributed by atoms with Gasteiger partial charge in [-0.3, -0.25) is 4.79 Å². The van der Waals surface area contributed by atoms with Crippen LogP contribution in [0, 0.1) is 6.92 Å². The maximum Gasteiger partial charge on any atom is 0.338 e. The van der Waals surface area contributed by atoms with Gasteiger partial charge in [0.15, 0.2) is 5.12 Å². The van der Waals surface area contributed by atoms with E-state index in [2.05, 4.69) is 4.74 Å². The molecule has 0 saturated heterocycles.